The second-order valence-electron chi connectivity index (χ2n) is 7.91. The predicted molar refractivity (Wildman–Crippen MR) is 110 cm³/mol. The van der Waals surface area contributed by atoms with E-state index in [1.807, 2.05) is 24.4 Å². The topological polar surface area (TPSA) is 58.6 Å². The summed E-state index contributed by atoms with van der Waals surface area (Å²) >= 11 is 0. The van der Waals surface area contributed by atoms with E-state index in [9.17, 15) is 4.79 Å². The first kappa shape index (κ1) is 18.7. The van der Waals surface area contributed by atoms with Crippen LogP contribution in [0.15, 0.2) is 36.5 Å². The van der Waals surface area contributed by atoms with Crippen molar-refractivity contribution >= 4 is 17.5 Å². The molecule has 0 unspecified atom stereocenters. The number of hydrogen-bond donors (Lipinski definition) is 0. The number of anilines is 2. The Bertz CT molecular complexity index is 820. The van der Waals surface area contributed by atoms with E-state index in [-0.39, 0.29) is 17.8 Å². The summed E-state index contributed by atoms with van der Waals surface area (Å²) in [4.78, 5) is 24.9. The summed E-state index contributed by atoms with van der Waals surface area (Å²) in [5.74, 6) is 3.17. The zero-order valence-electron chi connectivity index (χ0n) is 16.7. The van der Waals surface area contributed by atoms with Crippen molar-refractivity contribution in [2.45, 2.75) is 45.1 Å². The largest absolute Gasteiger partial charge is 0.489 e. The molecule has 2 atom stereocenters. The smallest absolute Gasteiger partial charge is 0.227 e. The minimum Gasteiger partial charge on any atom is -0.489 e. The number of nitrogens with zero attached hydrogens (tertiary/aromatic N) is 4. The molecule has 0 amide bonds. The van der Waals surface area contributed by atoms with Crippen molar-refractivity contribution in [1.82, 2.24) is 9.97 Å². The van der Waals surface area contributed by atoms with Gasteiger partial charge in [-0.3, -0.25) is 0 Å². The third kappa shape index (κ3) is 4.26. The van der Waals surface area contributed by atoms with Gasteiger partial charge in [-0.25, -0.2) is 4.98 Å². The third-order valence-corrected chi connectivity index (χ3v) is 5.58. The number of carbonyl (C=O) groups is 1. The predicted octanol–water partition coefficient (Wildman–Crippen LogP) is 3.43. The van der Waals surface area contributed by atoms with Gasteiger partial charge in [0.05, 0.1) is 6.54 Å². The minimum atomic E-state index is 0.155. The number of benzene rings is 1. The van der Waals surface area contributed by atoms with Gasteiger partial charge in [-0.15, -0.1) is 0 Å². The lowest BCUT2D eigenvalue weighted by molar-refractivity contribution is -0.117. The second kappa shape index (κ2) is 8.17. The Labute approximate surface area is 166 Å². The number of ether oxygens (including phenoxy) is 1. The maximum absolute atomic E-state index is 11.3. The van der Waals surface area contributed by atoms with E-state index in [1.165, 1.54) is 12.0 Å². The molecule has 0 N–H and O–H groups in total. The first-order valence-electron chi connectivity index (χ1n) is 10.2. The highest BCUT2D eigenvalue weighted by Crippen LogP contribution is 2.26. The van der Waals surface area contributed by atoms with Crippen LogP contribution in [0.4, 0.5) is 11.8 Å². The highest BCUT2D eigenvalue weighted by Gasteiger charge is 2.26. The Morgan fingerprint density at radius 1 is 1.18 bits per heavy atom. The summed E-state index contributed by atoms with van der Waals surface area (Å²) in [6.45, 7) is 7.60. The fraction of sp³-hybridized carbons (Fsp3) is 0.500. The molecule has 2 saturated heterocycles. The second-order valence-corrected chi connectivity index (χ2v) is 7.91. The van der Waals surface area contributed by atoms with Crippen LogP contribution in [0.5, 0.6) is 5.75 Å². The van der Waals surface area contributed by atoms with Crippen molar-refractivity contribution in [3.63, 3.8) is 0 Å². The Morgan fingerprint density at radius 3 is 2.64 bits per heavy atom. The van der Waals surface area contributed by atoms with Crippen molar-refractivity contribution in [2.24, 2.45) is 0 Å². The van der Waals surface area contributed by atoms with Crippen LogP contribution < -0.4 is 14.5 Å². The summed E-state index contributed by atoms with van der Waals surface area (Å²) in [6.07, 6.45) is 4.79. The first-order chi connectivity index (χ1) is 13.6. The molecule has 2 aromatic rings. The van der Waals surface area contributed by atoms with Gasteiger partial charge < -0.3 is 19.3 Å². The van der Waals surface area contributed by atoms with E-state index >= 15 is 0 Å². The van der Waals surface area contributed by atoms with Crippen LogP contribution in [0, 0.1) is 0 Å². The highest BCUT2D eigenvalue weighted by molar-refractivity contribution is 5.76. The summed E-state index contributed by atoms with van der Waals surface area (Å²) in [5.41, 5.74) is 1.18. The normalized spacial score (nSPS) is 20.0. The van der Waals surface area contributed by atoms with Crippen LogP contribution in [-0.2, 0) is 4.79 Å². The van der Waals surface area contributed by atoms with E-state index in [0.29, 0.717) is 6.42 Å². The van der Waals surface area contributed by atoms with Crippen molar-refractivity contribution < 1.29 is 9.53 Å². The Hall–Kier alpha value is -2.63. The maximum atomic E-state index is 11.3. The van der Waals surface area contributed by atoms with Gasteiger partial charge in [-0.2, -0.15) is 4.98 Å². The Balaban J connectivity index is 1.34. The summed E-state index contributed by atoms with van der Waals surface area (Å²) in [7, 11) is 0. The molecule has 6 nitrogen and oxygen atoms in total. The number of ketones is 1. The van der Waals surface area contributed by atoms with Crippen LogP contribution in [-0.4, -0.2) is 48.0 Å². The number of hydrogen-bond acceptors (Lipinski definition) is 6. The van der Waals surface area contributed by atoms with Crippen molar-refractivity contribution in [3.8, 4) is 5.75 Å². The average molecular weight is 380 g/mol. The Kier molecular flexibility index (Phi) is 5.46. The monoisotopic (exact) mass is 380 g/mol. The van der Waals surface area contributed by atoms with Crippen LogP contribution >= 0.6 is 0 Å². The number of Topliss-reactive ketones (excluding diaryl/α,β-unsaturated/α-hetero) is 1. The quantitative estimate of drug-likeness (QED) is 0.733. The summed E-state index contributed by atoms with van der Waals surface area (Å²) < 4.78 is 6.19. The van der Waals surface area contributed by atoms with Gasteiger partial charge in [0.1, 0.15) is 23.5 Å². The first-order valence-corrected chi connectivity index (χ1v) is 10.2. The SMILES string of the molecule is CC(=O)C[C@@H](C)c1ccc(O[C@@H]2CCN(c3ccnc(N4CCC4)n3)C2)cc1. The number of carbonyl (C=O) groups excluding carboxylic acids is 1. The molecule has 0 saturated carbocycles. The lowest BCUT2D eigenvalue weighted by Gasteiger charge is -2.31. The molecule has 0 spiro atoms. The van der Waals surface area contributed by atoms with Crippen LogP contribution in [0.2, 0.25) is 0 Å². The molecule has 0 radical (unpaired) electrons. The molecule has 28 heavy (non-hydrogen) atoms. The molecule has 4 rings (SSSR count). The molecule has 1 aromatic heterocycles. The van der Waals surface area contributed by atoms with E-state index in [0.717, 1.165) is 50.1 Å². The van der Waals surface area contributed by atoms with Crippen LogP contribution in [0.25, 0.3) is 0 Å². The highest BCUT2D eigenvalue weighted by atomic mass is 16.5. The maximum Gasteiger partial charge on any atom is 0.227 e. The van der Waals surface area contributed by atoms with Gasteiger partial charge in [0, 0.05) is 38.7 Å². The van der Waals surface area contributed by atoms with Crippen molar-refractivity contribution in [2.75, 3.05) is 36.0 Å². The lowest BCUT2D eigenvalue weighted by atomic mass is 9.96. The van der Waals surface area contributed by atoms with E-state index in [2.05, 4.69) is 33.8 Å². The standard InChI is InChI=1S/C22H28N4O2/c1-16(14-17(2)27)18-4-6-19(7-5-18)28-20-9-13-26(15-20)21-8-10-23-22(24-21)25-11-3-12-25/h4-8,10,16,20H,3,9,11-15H2,1-2H3/t16-,20-/m1/s1. The number of rotatable bonds is 7. The van der Waals surface area contributed by atoms with E-state index < -0.39 is 0 Å². The third-order valence-electron chi connectivity index (χ3n) is 5.58. The van der Waals surface area contributed by atoms with Gasteiger partial charge in [-0.05, 0) is 43.0 Å². The van der Waals surface area contributed by atoms with Gasteiger partial charge in [0.2, 0.25) is 5.95 Å². The molecule has 6 heteroatoms. The van der Waals surface area contributed by atoms with E-state index in [1.54, 1.807) is 6.92 Å². The molecule has 148 valence electrons. The molecule has 2 fully saturated rings. The molecule has 2 aliphatic heterocycles. The van der Waals surface area contributed by atoms with Gasteiger partial charge in [0.25, 0.3) is 0 Å². The molecule has 0 aliphatic carbocycles. The van der Waals surface area contributed by atoms with Gasteiger partial charge in [0.15, 0.2) is 0 Å². The fourth-order valence-corrected chi connectivity index (χ4v) is 3.83. The molecular weight excluding hydrogens is 352 g/mol. The van der Waals surface area contributed by atoms with Crippen molar-refractivity contribution in [3.05, 3.63) is 42.1 Å². The van der Waals surface area contributed by atoms with Gasteiger partial charge >= 0.3 is 0 Å². The molecular formula is C22H28N4O2. The van der Waals surface area contributed by atoms with E-state index in [4.69, 9.17) is 9.72 Å². The average Bonchev–Trinajstić information content (AvgIpc) is 3.09. The molecule has 2 aliphatic rings. The Morgan fingerprint density at radius 2 is 1.96 bits per heavy atom. The molecule has 0 bridgehead atoms. The summed E-state index contributed by atoms with van der Waals surface area (Å²) in [6, 6.07) is 10.2. The zero-order valence-corrected chi connectivity index (χ0v) is 16.7. The number of aromatic nitrogens is 2. The van der Waals surface area contributed by atoms with Crippen LogP contribution in [0.3, 0.4) is 0 Å². The van der Waals surface area contributed by atoms with Crippen LogP contribution in [0.1, 0.15) is 44.6 Å². The molecule has 1 aromatic carbocycles. The van der Waals surface area contributed by atoms with Crippen molar-refractivity contribution in [1.29, 1.82) is 0 Å². The molecule has 3 heterocycles. The summed E-state index contributed by atoms with van der Waals surface area (Å²) in [5, 5.41) is 0. The van der Waals surface area contributed by atoms with Gasteiger partial charge in [-0.1, -0.05) is 19.1 Å². The fourth-order valence-electron chi connectivity index (χ4n) is 3.83. The zero-order chi connectivity index (χ0) is 19.5. The minimum absolute atomic E-state index is 0.155. The lowest BCUT2D eigenvalue weighted by Crippen LogP contribution is -2.38.